The number of carbonyl (C=O) groups is 1. The Hall–Kier alpha value is -1.75. The predicted molar refractivity (Wildman–Crippen MR) is 79.5 cm³/mol. The highest BCUT2D eigenvalue weighted by molar-refractivity contribution is 5.74. The lowest BCUT2D eigenvalue weighted by Crippen LogP contribution is -2.49. The van der Waals surface area contributed by atoms with Gasteiger partial charge in [0.05, 0.1) is 6.42 Å². The van der Waals surface area contributed by atoms with Crippen LogP contribution in [0.5, 0.6) is 11.5 Å². The van der Waals surface area contributed by atoms with Gasteiger partial charge in [0, 0.05) is 5.56 Å². The van der Waals surface area contributed by atoms with E-state index in [2.05, 4.69) is 0 Å². The van der Waals surface area contributed by atoms with Gasteiger partial charge >= 0.3 is 0 Å². The average Bonchev–Trinajstić information content (AvgIpc) is 2.42. The molecule has 5 nitrogen and oxygen atoms in total. The van der Waals surface area contributed by atoms with E-state index in [-0.39, 0.29) is 6.42 Å². The normalized spacial score (nSPS) is 22.3. The molecule has 1 heterocycles. The number of benzene rings is 1. The summed E-state index contributed by atoms with van der Waals surface area (Å²) in [6.07, 6.45) is 0.178. The molecular weight excluding hydrogens is 270 g/mol. The molecule has 2 rings (SSSR count). The Bertz CT molecular complexity index is 597. The van der Waals surface area contributed by atoms with Crippen LogP contribution in [0.1, 0.15) is 42.0 Å². The number of ether oxygens (including phenoxy) is 1. The summed E-state index contributed by atoms with van der Waals surface area (Å²) in [5.41, 5.74) is 7.75. The minimum atomic E-state index is -0.947. The van der Waals surface area contributed by atoms with Crippen LogP contribution >= 0.6 is 0 Å². The number of primary amides is 1. The third-order valence-electron chi connectivity index (χ3n) is 4.65. The second kappa shape index (κ2) is 5.22. The molecule has 4 N–H and O–H groups in total. The number of nitrogens with two attached hydrogens (primary N) is 1. The van der Waals surface area contributed by atoms with Crippen molar-refractivity contribution in [2.24, 2.45) is 5.73 Å². The second-order valence-corrected chi connectivity index (χ2v) is 6.13. The first-order valence-electron chi connectivity index (χ1n) is 7.14. The maximum atomic E-state index is 11.0. The van der Waals surface area contributed by atoms with Gasteiger partial charge in [0.1, 0.15) is 23.2 Å². The van der Waals surface area contributed by atoms with Gasteiger partial charge in [-0.05, 0) is 57.2 Å². The van der Waals surface area contributed by atoms with Crippen molar-refractivity contribution in [1.82, 2.24) is 0 Å². The lowest BCUT2D eigenvalue weighted by molar-refractivity contribution is -0.125. The molecule has 0 saturated carbocycles. The van der Waals surface area contributed by atoms with Crippen molar-refractivity contribution >= 4 is 5.91 Å². The van der Waals surface area contributed by atoms with Gasteiger partial charge in [-0.15, -0.1) is 0 Å². The molecule has 0 aliphatic carbocycles. The largest absolute Gasteiger partial charge is 0.507 e. The summed E-state index contributed by atoms with van der Waals surface area (Å²) < 4.78 is 6.06. The highest BCUT2D eigenvalue weighted by Crippen LogP contribution is 2.44. The Morgan fingerprint density at radius 3 is 2.52 bits per heavy atom. The lowest BCUT2D eigenvalue weighted by atomic mass is 9.83. The SMILES string of the molecule is Cc1c(C)c2c(c(C)c1O)CCC(C)(C(O)CC(N)=O)O2. The molecule has 0 spiro atoms. The highest BCUT2D eigenvalue weighted by Gasteiger charge is 2.40. The fraction of sp³-hybridized carbons (Fsp3) is 0.562. The van der Waals surface area contributed by atoms with Crippen LogP contribution in [0.3, 0.4) is 0 Å². The zero-order chi connectivity index (χ0) is 15.9. The molecule has 0 bridgehead atoms. The number of carbonyl (C=O) groups excluding carboxylic acids is 1. The molecule has 0 saturated heterocycles. The Morgan fingerprint density at radius 2 is 1.95 bits per heavy atom. The van der Waals surface area contributed by atoms with Gasteiger partial charge in [0.2, 0.25) is 5.91 Å². The average molecular weight is 293 g/mol. The van der Waals surface area contributed by atoms with Crippen LogP contribution in [0, 0.1) is 20.8 Å². The number of phenols is 1. The van der Waals surface area contributed by atoms with Gasteiger partial charge in [-0.1, -0.05) is 0 Å². The summed E-state index contributed by atoms with van der Waals surface area (Å²) in [7, 11) is 0. The standard InChI is InChI=1S/C16H23NO4/c1-8-9(2)15-11(10(3)14(8)20)5-6-16(4,21-15)12(18)7-13(17)19/h12,18,20H,5-7H2,1-4H3,(H2,17,19). The van der Waals surface area contributed by atoms with E-state index in [4.69, 9.17) is 10.5 Å². The molecule has 0 aromatic heterocycles. The lowest BCUT2D eigenvalue weighted by Gasteiger charge is -2.40. The molecule has 116 valence electrons. The minimum absolute atomic E-state index is 0.124. The first kappa shape index (κ1) is 15.6. The van der Waals surface area contributed by atoms with Crippen molar-refractivity contribution in [3.8, 4) is 11.5 Å². The van der Waals surface area contributed by atoms with Gasteiger partial charge < -0.3 is 20.7 Å². The van der Waals surface area contributed by atoms with Gasteiger partial charge in [-0.25, -0.2) is 0 Å². The molecule has 1 amide bonds. The number of aliphatic hydroxyl groups excluding tert-OH is 1. The van der Waals surface area contributed by atoms with Crippen LogP contribution < -0.4 is 10.5 Å². The molecular formula is C16H23NO4. The number of hydrogen-bond donors (Lipinski definition) is 3. The van der Waals surface area contributed by atoms with Crippen molar-refractivity contribution in [2.45, 2.75) is 58.7 Å². The number of fused-ring (bicyclic) bond motifs is 1. The molecule has 0 radical (unpaired) electrons. The van der Waals surface area contributed by atoms with Crippen LogP contribution in [0.25, 0.3) is 0 Å². The van der Waals surface area contributed by atoms with Crippen LogP contribution in [0.2, 0.25) is 0 Å². The van der Waals surface area contributed by atoms with Crippen molar-refractivity contribution in [1.29, 1.82) is 0 Å². The predicted octanol–water partition coefficient (Wildman–Crippen LogP) is 1.64. The first-order chi connectivity index (χ1) is 9.67. The molecule has 21 heavy (non-hydrogen) atoms. The molecule has 0 fully saturated rings. The molecule has 5 heteroatoms. The Labute approximate surface area is 124 Å². The third kappa shape index (κ3) is 2.58. The summed E-state index contributed by atoms with van der Waals surface area (Å²) >= 11 is 0. The van der Waals surface area contributed by atoms with E-state index < -0.39 is 17.6 Å². The number of phenolic OH excluding ortho intramolecular Hbond substituents is 1. The monoisotopic (exact) mass is 293 g/mol. The topological polar surface area (TPSA) is 92.8 Å². The van der Waals surface area contributed by atoms with Crippen molar-refractivity contribution in [2.75, 3.05) is 0 Å². The van der Waals surface area contributed by atoms with Gasteiger partial charge in [0.25, 0.3) is 0 Å². The molecule has 1 aromatic carbocycles. The molecule has 1 aliphatic rings. The summed E-state index contributed by atoms with van der Waals surface area (Å²) in [6, 6.07) is 0. The molecule has 1 aromatic rings. The quantitative estimate of drug-likeness (QED) is 0.790. The summed E-state index contributed by atoms with van der Waals surface area (Å²) in [5, 5.41) is 20.4. The fourth-order valence-electron chi connectivity index (χ4n) is 2.91. The summed E-state index contributed by atoms with van der Waals surface area (Å²) in [6.45, 7) is 7.39. The van der Waals surface area contributed by atoms with Crippen molar-refractivity contribution in [3.05, 3.63) is 22.3 Å². The van der Waals surface area contributed by atoms with E-state index in [1.807, 2.05) is 20.8 Å². The van der Waals surface area contributed by atoms with E-state index in [0.717, 1.165) is 22.3 Å². The van der Waals surface area contributed by atoms with E-state index in [0.29, 0.717) is 24.3 Å². The van der Waals surface area contributed by atoms with Crippen LogP contribution in [-0.4, -0.2) is 27.8 Å². The second-order valence-electron chi connectivity index (χ2n) is 6.13. The number of hydrogen-bond acceptors (Lipinski definition) is 4. The Morgan fingerprint density at radius 1 is 1.33 bits per heavy atom. The van der Waals surface area contributed by atoms with Crippen LogP contribution in [-0.2, 0) is 11.2 Å². The van der Waals surface area contributed by atoms with E-state index in [1.54, 1.807) is 6.92 Å². The third-order valence-corrected chi connectivity index (χ3v) is 4.65. The van der Waals surface area contributed by atoms with Gasteiger partial charge in [-0.2, -0.15) is 0 Å². The van der Waals surface area contributed by atoms with Gasteiger partial charge in [-0.3, -0.25) is 4.79 Å². The Balaban J connectivity index is 2.43. The van der Waals surface area contributed by atoms with Crippen molar-refractivity contribution < 1.29 is 19.7 Å². The molecule has 2 atom stereocenters. The first-order valence-corrected chi connectivity index (χ1v) is 7.14. The number of amides is 1. The van der Waals surface area contributed by atoms with Gasteiger partial charge in [0.15, 0.2) is 0 Å². The smallest absolute Gasteiger partial charge is 0.220 e. The van der Waals surface area contributed by atoms with E-state index in [1.165, 1.54) is 0 Å². The molecule has 2 unspecified atom stereocenters. The maximum absolute atomic E-state index is 11.0. The summed E-state index contributed by atoms with van der Waals surface area (Å²) in [5.74, 6) is 0.462. The minimum Gasteiger partial charge on any atom is -0.507 e. The van der Waals surface area contributed by atoms with Crippen molar-refractivity contribution in [3.63, 3.8) is 0 Å². The van der Waals surface area contributed by atoms with Crippen LogP contribution in [0.15, 0.2) is 0 Å². The zero-order valence-corrected chi connectivity index (χ0v) is 13.0. The Kier molecular flexibility index (Phi) is 3.89. The maximum Gasteiger partial charge on any atom is 0.220 e. The fourth-order valence-corrected chi connectivity index (χ4v) is 2.91. The van der Waals surface area contributed by atoms with Crippen LogP contribution in [0.4, 0.5) is 0 Å². The summed E-state index contributed by atoms with van der Waals surface area (Å²) in [4.78, 5) is 11.0. The number of aliphatic hydroxyl groups is 1. The van der Waals surface area contributed by atoms with E-state index >= 15 is 0 Å². The highest BCUT2D eigenvalue weighted by atomic mass is 16.5. The van der Waals surface area contributed by atoms with E-state index in [9.17, 15) is 15.0 Å². The number of aromatic hydroxyl groups is 1. The number of rotatable bonds is 3. The zero-order valence-electron chi connectivity index (χ0n) is 13.0. The molecule has 1 aliphatic heterocycles.